The number of carbonyl (C=O) groups excluding carboxylic acids is 2. The first-order valence-corrected chi connectivity index (χ1v) is 19.3. The fourth-order valence-corrected chi connectivity index (χ4v) is 6.95. The number of hydrogen-bond donors (Lipinski definition) is 2. The first-order chi connectivity index (χ1) is 26.5. The lowest BCUT2D eigenvalue weighted by Crippen LogP contribution is -2.28. The van der Waals surface area contributed by atoms with Gasteiger partial charge in [0.2, 0.25) is 10.0 Å². The van der Waals surface area contributed by atoms with Gasteiger partial charge in [0.1, 0.15) is 18.1 Å². The highest BCUT2D eigenvalue weighted by Gasteiger charge is 2.34. The Morgan fingerprint density at radius 3 is 2.49 bits per heavy atom. The van der Waals surface area contributed by atoms with Gasteiger partial charge in [-0.2, -0.15) is 5.10 Å². The number of ether oxygens (including phenoxy) is 3. The molecule has 17 heteroatoms. The Kier molecular flexibility index (Phi) is 12.6. The third kappa shape index (κ3) is 10.3. The zero-order chi connectivity index (χ0) is 39.0. The summed E-state index contributed by atoms with van der Waals surface area (Å²) in [6, 6.07) is 26.2. The van der Waals surface area contributed by atoms with E-state index < -0.39 is 15.9 Å². The van der Waals surface area contributed by atoms with Gasteiger partial charge in [-0.3, -0.25) is 14.5 Å². The molecular weight excluding hydrogens is 789 g/mol. The Morgan fingerprint density at radius 1 is 0.964 bits per heavy atom. The van der Waals surface area contributed by atoms with Crippen LogP contribution in [0.4, 0.5) is 5.69 Å². The quantitative estimate of drug-likeness (QED) is 0.0660. The third-order valence-electron chi connectivity index (χ3n) is 7.75. The summed E-state index contributed by atoms with van der Waals surface area (Å²) in [6.07, 6.45) is 4.69. The topological polar surface area (TPSA) is 175 Å². The van der Waals surface area contributed by atoms with Crippen molar-refractivity contribution in [2.75, 3.05) is 19.0 Å². The van der Waals surface area contributed by atoms with Gasteiger partial charge in [-0.25, -0.2) is 13.6 Å². The number of thioether (sulfide) groups is 1. The molecule has 1 fully saturated rings. The zero-order valence-electron chi connectivity index (χ0n) is 28.8. The first-order valence-electron chi connectivity index (χ1n) is 16.2. The predicted molar refractivity (Wildman–Crippen MR) is 212 cm³/mol. The Morgan fingerprint density at radius 2 is 1.76 bits per heavy atom. The molecule has 55 heavy (non-hydrogen) atoms. The van der Waals surface area contributed by atoms with Crippen molar-refractivity contribution in [3.05, 3.63) is 141 Å². The molecule has 282 valence electrons. The van der Waals surface area contributed by atoms with Gasteiger partial charge >= 0.3 is 0 Å². The van der Waals surface area contributed by atoms with Crippen LogP contribution in [0.1, 0.15) is 22.5 Å². The van der Waals surface area contributed by atoms with E-state index in [-0.39, 0.29) is 30.6 Å². The number of methoxy groups -OCH3 is 1. The number of anilines is 1. The van der Waals surface area contributed by atoms with Crippen LogP contribution in [0.25, 0.3) is 6.08 Å². The van der Waals surface area contributed by atoms with Crippen molar-refractivity contribution in [2.24, 2.45) is 15.3 Å². The SMILES string of the molecule is COc1cc(/C=N\N=C2\S/C(=C\c3ccccc3OCC(=O)Nc3ccc(S(N)(=O)=O)cc3)C(=O)N2Cc2ccco2)ccc1OCc1ccc(Cl)cc1Cl. The van der Waals surface area contributed by atoms with Crippen molar-refractivity contribution >= 4 is 79.9 Å². The largest absolute Gasteiger partial charge is 0.493 e. The van der Waals surface area contributed by atoms with Gasteiger partial charge in [-0.1, -0.05) is 47.5 Å². The van der Waals surface area contributed by atoms with Gasteiger partial charge in [0.05, 0.1) is 35.9 Å². The van der Waals surface area contributed by atoms with Crippen molar-refractivity contribution in [1.29, 1.82) is 0 Å². The molecule has 1 aliphatic rings. The van der Waals surface area contributed by atoms with Gasteiger partial charge < -0.3 is 23.9 Å². The maximum Gasteiger partial charge on any atom is 0.267 e. The Labute approximate surface area is 330 Å². The van der Waals surface area contributed by atoms with E-state index in [1.807, 2.05) is 0 Å². The summed E-state index contributed by atoms with van der Waals surface area (Å²) in [4.78, 5) is 28.1. The van der Waals surface area contributed by atoms with Crippen LogP contribution in [0, 0.1) is 0 Å². The number of primary sulfonamides is 1. The Hall–Kier alpha value is -5.58. The number of amides is 2. The van der Waals surface area contributed by atoms with Crippen LogP contribution in [0.15, 0.2) is 128 Å². The molecule has 1 aliphatic heterocycles. The summed E-state index contributed by atoms with van der Waals surface area (Å²) < 4.78 is 45.8. The molecule has 5 aromatic rings. The molecule has 0 atom stereocenters. The smallest absolute Gasteiger partial charge is 0.267 e. The van der Waals surface area contributed by atoms with Gasteiger partial charge in [0.25, 0.3) is 11.8 Å². The van der Waals surface area contributed by atoms with Crippen molar-refractivity contribution < 1.29 is 36.6 Å². The molecule has 4 aromatic carbocycles. The molecule has 0 aliphatic carbocycles. The monoisotopic (exact) mass is 819 g/mol. The number of nitrogens with zero attached hydrogens (tertiary/aromatic N) is 3. The second kappa shape index (κ2) is 17.7. The Balaban J connectivity index is 1.16. The van der Waals surface area contributed by atoms with Gasteiger partial charge in [0.15, 0.2) is 23.3 Å². The van der Waals surface area contributed by atoms with Crippen LogP contribution < -0.4 is 24.7 Å². The normalized spacial score (nSPS) is 14.5. The van der Waals surface area contributed by atoms with Crippen LogP contribution in [-0.4, -0.2) is 50.2 Å². The number of rotatable bonds is 14. The van der Waals surface area contributed by atoms with Crippen LogP contribution in [-0.2, 0) is 32.8 Å². The first kappa shape index (κ1) is 39.1. The van der Waals surface area contributed by atoms with E-state index in [0.717, 1.165) is 17.3 Å². The minimum absolute atomic E-state index is 0.0826. The van der Waals surface area contributed by atoms with Gasteiger partial charge in [0, 0.05) is 26.9 Å². The van der Waals surface area contributed by atoms with E-state index in [1.165, 1.54) is 48.8 Å². The molecule has 0 radical (unpaired) electrons. The molecular formula is C38H31Cl2N5O8S2. The van der Waals surface area contributed by atoms with Crippen molar-refractivity contribution in [2.45, 2.75) is 18.0 Å². The van der Waals surface area contributed by atoms with Crippen molar-refractivity contribution in [1.82, 2.24) is 4.90 Å². The highest BCUT2D eigenvalue weighted by molar-refractivity contribution is 8.18. The third-order valence-corrected chi connectivity index (χ3v) is 10.3. The second-order valence-electron chi connectivity index (χ2n) is 11.6. The number of furan rings is 1. The van der Waals surface area contributed by atoms with E-state index >= 15 is 0 Å². The fourth-order valence-electron chi connectivity index (χ4n) is 5.04. The lowest BCUT2D eigenvalue weighted by Gasteiger charge is -2.13. The van der Waals surface area contributed by atoms with E-state index in [9.17, 15) is 18.0 Å². The zero-order valence-corrected chi connectivity index (χ0v) is 32.0. The summed E-state index contributed by atoms with van der Waals surface area (Å²) in [5, 5.41) is 17.8. The minimum atomic E-state index is -3.87. The lowest BCUT2D eigenvalue weighted by atomic mass is 10.2. The van der Waals surface area contributed by atoms with Crippen LogP contribution >= 0.6 is 35.0 Å². The summed E-state index contributed by atoms with van der Waals surface area (Å²) in [6.45, 7) is -0.0501. The molecule has 0 bridgehead atoms. The highest BCUT2D eigenvalue weighted by atomic mass is 35.5. The predicted octanol–water partition coefficient (Wildman–Crippen LogP) is 7.35. The standard InChI is InChI=1S/C38H31Cl2N5O8S2/c1-50-34-17-24(8-15-33(34)52-22-26-9-10-27(39)19-31(26)40)20-42-44-38-45(21-29-6-4-16-51-29)37(47)35(54-38)18-25-5-2-3-7-32(25)53-23-36(46)43-28-11-13-30(14-12-28)55(41,48)49/h2-20H,21-23H2,1H3,(H,43,46)(H2,41,48,49)/b35-18-,42-20-,44-38+. The highest BCUT2D eigenvalue weighted by Crippen LogP contribution is 2.36. The molecule has 0 spiro atoms. The lowest BCUT2D eigenvalue weighted by molar-refractivity contribution is -0.122. The number of hydrogen-bond acceptors (Lipinski definition) is 11. The molecule has 2 amide bonds. The van der Waals surface area contributed by atoms with E-state index in [2.05, 4.69) is 15.5 Å². The number of nitrogens with two attached hydrogens (primary N) is 1. The number of halogens is 2. The number of carbonyl (C=O) groups is 2. The molecule has 3 N–H and O–H groups in total. The number of benzene rings is 4. The number of para-hydroxylation sites is 1. The summed E-state index contributed by atoms with van der Waals surface area (Å²) in [5.41, 5.74) is 2.33. The number of amidine groups is 1. The van der Waals surface area contributed by atoms with E-state index in [4.69, 9.17) is 47.0 Å². The second-order valence-corrected chi connectivity index (χ2v) is 15.0. The average molecular weight is 821 g/mol. The van der Waals surface area contributed by atoms with E-state index in [1.54, 1.807) is 78.9 Å². The maximum absolute atomic E-state index is 13.7. The molecule has 1 saturated heterocycles. The summed E-state index contributed by atoms with van der Waals surface area (Å²) in [5.74, 6) is 1.03. The van der Waals surface area contributed by atoms with Gasteiger partial charge in [-0.15, -0.1) is 5.10 Å². The minimum Gasteiger partial charge on any atom is -0.493 e. The van der Waals surface area contributed by atoms with Crippen LogP contribution in [0.5, 0.6) is 17.2 Å². The summed E-state index contributed by atoms with van der Waals surface area (Å²) in [7, 11) is -2.34. The number of sulfonamides is 1. The van der Waals surface area contributed by atoms with Crippen molar-refractivity contribution in [3.63, 3.8) is 0 Å². The van der Waals surface area contributed by atoms with Crippen molar-refractivity contribution in [3.8, 4) is 17.2 Å². The van der Waals surface area contributed by atoms with Gasteiger partial charge in [-0.05, 0) is 96.2 Å². The molecule has 2 heterocycles. The fraction of sp³-hybridized carbons (Fsp3) is 0.105. The van der Waals surface area contributed by atoms with Crippen LogP contribution in [0.2, 0.25) is 10.0 Å². The maximum atomic E-state index is 13.7. The average Bonchev–Trinajstić information content (AvgIpc) is 3.78. The van der Waals surface area contributed by atoms with Crippen LogP contribution in [0.3, 0.4) is 0 Å². The van der Waals surface area contributed by atoms with E-state index in [0.29, 0.717) is 59.9 Å². The molecule has 0 saturated carbocycles. The molecule has 1 aromatic heterocycles. The molecule has 0 unspecified atom stereocenters. The number of nitrogens with one attached hydrogen (secondary N) is 1. The molecule has 6 rings (SSSR count). The molecule has 13 nitrogen and oxygen atoms in total. The summed E-state index contributed by atoms with van der Waals surface area (Å²) >= 11 is 13.4. The Bertz CT molecular complexity index is 2400.